The summed E-state index contributed by atoms with van der Waals surface area (Å²) in [6.45, 7) is 6.26. The van der Waals surface area contributed by atoms with E-state index in [0.717, 1.165) is 38.3 Å². The van der Waals surface area contributed by atoms with E-state index in [-0.39, 0.29) is 5.54 Å². The highest BCUT2D eigenvalue weighted by Crippen LogP contribution is 2.24. The number of benzene rings is 1. The topological polar surface area (TPSA) is 46.0 Å². The monoisotopic (exact) mass is 285 g/mol. The Labute approximate surface area is 126 Å². The van der Waals surface area contributed by atoms with Crippen molar-refractivity contribution in [1.29, 1.82) is 0 Å². The fraction of sp³-hybridized carbons (Fsp3) is 0.500. The SMILES string of the molecule is Cn1cc(CN2CCCNC(C)(c3ccccc3)C2)nn1. The smallest absolute Gasteiger partial charge is 0.0967 e. The number of aromatic nitrogens is 3. The molecule has 0 bridgehead atoms. The highest BCUT2D eigenvalue weighted by atomic mass is 15.4. The fourth-order valence-electron chi connectivity index (χ4n) is 3.08. The summed E-state index contributed by atoms with van der Waals surface area (Å²) >= 11 is 0. The molecule has 1 saturated heterocycles. The molecule has 1 fully saturated rings. The molecule has 1 N–H and O–H groups in total. The fourth-order valence-corrected chi connectivity index (χ4v) is 3.08. The molecule has 1 aliphatic rings. The van der Waals surface area contributed by atoms with Crippen LogP contribution in [0.1, 0.15) is 24.6 Å². The zero-order chi connectivity index (χ0) is 14.7. The zero-order valence-electron chi connectivity index (χ0n) is 12.8. The first-order valence-corrected chi connectivity index (χ1v) is 7.54. The Hall–Kier alpha value is -1.72. The third-order valence-electron chi connectivity index (χ3n) is 4.15. The van der Waals surface area contributed by atoms with Crippen molar-refractivity contribution < 1.29 is 0 Å². The molecule has 2 aromatic rings. The van der Waals surface area contributed by atoms with E-state index in [1.165, 1.54) is 5.56 Å². The van der Waals surface area contributed by atoms with E-state index in [2.05, 4.69) is 57.8 Å². The summed E-state index contributed by atoms with van der Waals surface area (Å²) < 4.78 is 1.77. The van der Waals surface area contributed by atoms with Crippen molar-refractivity contribution in [2.75, 3.05) is 19.6 Å². The van der Waals surface area contributed by atoms with Crippen molar-refractivity contribution in [3.8, 4) is 0 Å². The van der Waals surface area contributed by atoms with E-state index in [1.807, 2.05) is 13.2 Å². The average molecular weight is 285 g/mol. The molecule has 0 radical (unpaired) electrons. The molecule has 112 valence electrons. The molecular formula is C16H23N5. The van der Waals surface area contributed by atoms with Crippen LogP contribution in [0.15, 0.2) is 36.5 Å². The molecule has 5 nitrogen and oxygen atoms in total. The van der Waals surface area contributed by atoms with Gasteiger partial charge in [0.1, 0.15) is 0 Å². The second-order valence-corrected chi connectivity index (χ2v) is 6.07. The van der Waals surface area contributed by atoms with Crippen LogP contribution in [0.4, 0.5) is 0 Å². The second-order valence-electron chi connectivity index (χ2n) is 6.07. The van der Waals surface area contributed by atoms with Crippen molar-refractivity contribution in [3.05, 3.63) is 47.8 Å². The van der Waals surface area contributed by atoms with Gasteiger partial charge in [-0.3, -0.25) is 9.58 Å². The minimum absolute atomic E-state index is 0.0139. The van der Waals surface area contributed by atoms with Gasteiger partial charge in [0.15, 0.2) is 0 Å². The minimum atomic E-state index is -0.0139. The van der Waals surface area contributed by atoms with E-state index < -0.39 is 0 Å². The van der Waals surface area contributed by atoms with Crippen molar-refractivity contribution >= 4 is 0 Å². The van der Waals surface area contributed by atoms with Crippen molar-refractivity contribution in [3.63, 3.8) is 0 Å². The zero-order valence-corrected chi connectivity index (χ0v) is 12.8. The molecule has 0 spiro atoms. The Morgan fingerprint density at radius 1 is 1.29 bits per heavy atom. The van der Waals surface area contributed by atoms with E-state index in [1.54, 1.807) is 4.68 Å². The lowest BCUT2D eigenvalue weighted by Crippen LogP contribution is -2.46. The Balaban J connectivity index is 1.77. The van der Waals surface area contributed by atoms with Crippen molar-refractivity contribution in [1.82, 2.24) is 25.2 Å². The molecule has 1 unspecified atom stereocenters. The van der Waals surface area contributed by atoms with E-state index in [4.69, 9.17) is 0 Å². The summed E-state index contributed by atoms with van der Waals surface area (Å²) in [5, 5.41) is 11.9. The molecule has 0 aliphatic carbocycles. The number of aryl methyl sites for hydroxylation is 1. The van der Waals surface area contributed by atoms with Crippen molar-refractivity contribution in [2.24, 2.45) is 7.05 Å². The first-order chi connectivity index (χ1) is 10.2. The van der Waals surface area contributed by atoms with Crippen LogP contribution in [-0.2, 0) is 19.1 Å². The first kappa shape index (κ1) is 14.2. The summed E-state index contributed by atoms with van der Waals surface area (Å²) in [6.07, 6.45) is 3.15. The molecule has 0 saturated carbocycles. The number of rotatable bonds is 3. The highest BCUT2D eigenvalue weighted by molar-refractivity contribution is 5.24. The number of nitrogens with zero attached hydrogens (tertiary/aromatic N) is 4. The molecule has 0 amide bonds. The van der Waals surface area contributed by atoms with Gasteiger partial charge >= 0.3 is 0 Å². The van der Waals surface area contributed by atoms with Gasteiger partial charge in [-0.15, -0.1) is 5.10 Å². The number of nitrogens with one attached hydrogen (secondary N) is 1. The summed E-state index contributed by atoms with van der Waals surface area (Å²) in [5.41, 5.74) is 2.37. The van der Waals surface area contributed by atoms with E-state index >= 15 is 0 Å². The second kappa shape index (κ2) is 5.95. The van der Waals surface area contributed by atoms with Gasteiger partial charge < -0.3 is 5.32 Å². The van der Waals surface area contributed by atoms with Crippen LogP contribution in [0, 0.1) is 0 Å². The molecule has 1 atom stereocenters. The van der Waals surface area contributed by atoms with Gasteiger partial charge in [-0.05, 0) is 32.0 Å². The van der Waals surface area contributed by atoms with Crippen LogP contribution in [-0.4, -0.2) is 39.5 Å². The van der Waals surface area contributed by atoms with Gasteiger partial charge in [0.05, 0.1) is 11.2 Å². The molecule has 1 aromatic carbocycles. The maximum Gasteiger partial charge on any atom is 0.0967 e. The lowest BCUT2D eigenvalue weighted by atomic mass is 9.91. The van der Waals surface area contributed by atoms with E-state index in [0.29, 0.717) is 0 Å². The Kier molecular flexibility index (Phi) is 4.03. The normalized spacial score (nSPS) is 23.9. The third kappa shape index (κ3) is 3.31. The van der Waals surface area contributed by atoms with Crippen LogP contribution < -0.4 is 5.32 Å². The van der Waals surface area contributed by atoms with Gasteiger partial charge in [-0.1, -0.05) is 35.5 Å². The summed E-state index contributed by atoms with van der Waals surface area (Å²) in [5.74, 6) is 0. The van der Waals surface area contributed by atoms with Crippen LogP contribution >= 0.6 is 0 Å². The Bertz CT molecular complexity index is 579. The predicted molar refractivity (Wildman–Crippen MR) is 82.7 cm³/mol. The molecule has 2 heterocycles. The molecule has 1 aromatic heterocycles. The summed E-state index contributed by atoms with van der Waals surface area (Å²) in [6, 6.07) is 10.7. The van der Waals surface area contributed by atoms with Crippen LogP contribution in [0.3, 0.4) is 0 Å². The molecule has 3 rings (SSSR count). The molecule has 21 heavy (non-hydrogen) atoms. The maximum atomic E-state index is 4.21. The maximum absolute atomic E-state index is 4.21. The lowest BCUT2D eigenvalue weighted by Gasteiger charge is -2.34. The quantitative estimate of drug-likeness (QED) is 0.929. The van der Waals surface area contributed by atoms with Crippen LogP contribution in [0.25, 0.3) is 0 Å². The predicted octanol–water partition coefficient (Wildman–Crippen LogP) is 1.53. The van der Waals surface area contributed by atoms with Gasteiger partial charge in [-0.25, -0.2) is 0 Å². The first-order valence-electron chi connectivity index (χ1n) is 7.54. The third-order valence-corrected chi connectivity index (χ3v) is 4.15. The largest absolute Gasteiger partial charge is 0.307 e. The van der Waals surface area contributed by atoms with Gasteiger partial charge in [0.25, 0.3) is 0 Å². The molecule has 1 aliphatic heterocycles. The standard InChI is InChI=1S/C16H23N5/c1-16(14-7-4-3-5-8-14)13-21(10-6-9-17-16)12-15-11-20(2)19-18-15/h3-5,7-8,11,17H,6,9-10,12-13H2,1-2H3. The Morgan fingerprint density at radius 2 is 2.10 bits per heavy atom. The highest BCUT2D eigenvalue weighted by Gasteiger charge is 2.30. The minimum Gasteiger partial charge on any atom is -0.307 e. The van der Waals surface area contributed by atoms with Crippen LogP contribution in [0.5, 0.6) is 0 Å². The molecule has 5 heteroatoms. The van der Waals surface area contributed by atoms with E-state index in [9.17, 15) is 0 Å². The van der Waals surface area contributed by atoms with Crippen LogP contribution in [0.2, 0.25) is 0 Å². The van der Waals surface area contributed by atoms with Crippen molar-refractivity contribution in [2.45, 2.75) is 25.4 Å². The Morgan fingerprint density at radius 3 is 2.81 bits per heavy atom. The number of hydrogen-bond acceptors (Lipinski definition) is 4. The van der Waals surface area contributed by atoms with Gasteiger partial charge in [0.2, 0.25) is 0 Å². The number of hydrogen-bond donors (Lipinski definition) is 1. The summed E-state index contributed by atoms with van der Waals surface area (Å²) in [4.78, 5) is 2.47. The lowest BCUT2D eigenvalue weighted by molar-refractivity contribution is 0.211. The average Bonchev–Trinajstić information content (AvgIpc) is 2.79. The summed E-state index contributed by atoms with van der Waals surface area (Å²) in [7, 11) is 1.91. The van der Waals surface area contributed by atoms with Gasteiger partial charge in [-0.2, -0.15) is 0 Å². The van der Waals surface area contributed by atoms with Gasteiger partial charge in [0, 0.05) is 26.3 Å². The molecular weight excluding hydrogens is 262 g/mol.